The molecule has 92 valence electrons. The van der Waals surface area contributed by atoms with Crippen LogP contribution < -0.4 is 0 Å². The van der Waals surface area contributed by atoms with Gasteiger partial charge < -0.3 is 20.1 Å². The summed E-state index contributed by atoms with van der Waals surface area (Å²) in [5, 5.41) is 34.0. The summed E-state index contributed by atoms with van der Waals surface area (Å²) in [5.41, 5.74) is 0.354. The van der Waals surface area contributed by atoms with Crippen molar-refractivity contribution in [1.82, 2.24) is 5.01 Å². The van der Waals surface area contributed by atoms with Gasteiger partial charge in [0.05, 0.1) is 32.5 Å². The third kappa shape index (κ3) is 2.59. The standard InChI is InChI=1S/C11H14N2O4/c14-9-2-1-8(10(15)11(9)16)7-12-13-3-5-17-6-4-13/h1-2,7,14-16H,3-6H2/b12-7-. The first-order valence-corrected chi connectivity index (χ1v) is 5.29. The van der Waals surface area contributed by atoms with E-state index in [0.717, 1.165) is 0 Å². The van der Waals surface area contributed by atoms with Gasteiger partial charge in [-0.3, -0.25) is 5.01 Å². The maximum absolute atomic E-state index is 9.56. The average molecular weight is 238 g/mol. The van der Waals surface area contributed by atoms with Crippen molar-refractivity contribution in [2.24, 2.45) is 5.10 Å². The summed E-state index contributed by atoms with van der Waals surface area (Å²) in [7, 11) is 0. The van der Waals surface area contributed by atoms with Gasteiger partial charge in [-0.25, -0.2) is 0 Å². The van der Waals surface area contributed by atoms with Crippen LogP contribution in [0, 0.1) is 0 Å². The van der Waals surface area contributed by atoms with Crippen LogP contribution in [0.4, 0.5) is 0 Å². The monoisotopic (exact) mass is 238 g/mol. The van der Waals surface area contributed by atoms with E-state index >= 15 is 0 Å². The zero-order chi connectivity index (χ0) is 12.3. The lowest BCUT2D eigenvalue weighted by Gasteiger charge is -2.23. The second kappa shape index (κ2) is 4.92. The van der Waals surface area contributed by atoms with Gasteiger partial charge >= 0.3 is 0 Å². The number of nitrogens with zero attached hydrogens (tertiary/aromatic N) is 2. The highest BCUT2D eigenvalue weighted by molar-refractivity contribution is 5.85. The summed E-state index contributed by atoms with van der Waals surface area (Å²) < 4.78 is 5.17. The molecular formula is C11H14N2O4. The quantitative estimate of drug-likeness (QED) is 0.515. The van der Waals surface area contributed by atoms with Gasteiger partial charge in [-0.15, -0.1) is 0 Å². The number of hydrogen-bond acceptors (Lipinski definition) is 6. The lowest BCUT2D eigenvalue weighted by molar-refractivity contribution is 0.0397. The van der Waals surface area contributed by atoms with Crippen molar-refractivity contribution in [3.63, 3.8) is 0 Å². The van der Waals surface area contributed by atoms with Crippen LogP contribution in [0.1, 0.15) is 5.56 Å². The van der Waals surface area contributed by atoms with Crippen molar-refractivity contribution in [2.45, 2.75) is 0 Å². The van der Waals surface area contributed by atoms with E-state index in [2.05, 4.69) is 5.10 Å². The Balaban J connectivity index is 2.12. The molecule has 2 rings (SSSR count). The molecule has 0 radical (unpaired) electrons. The minimum Gasteiger partial charge on any atom is -0.504 e. The van der Waals surface area contributed by atoms with E-state index in [-0.39, 0.29) is 11.5 Å². The molecule has 0 unspecified atom stereocenters. The van der Waals surface area contributed by atoms with Crippen molar-refractivity contribution in [3.05, 3.63) is 17.7 Å². The Bertz CT molecular complexity index is 428. The van der Waals surface area contributed by atoms with Crippen LogP contribution >= 0.6 is 0 Å². The fourth-order valence-corrected chi connectivity index (χ4v) is 1.50. The van der Waals surface area contributed by atoms with Gasteiger partial charge in [0, 0.05) is 5.56 Å². The van der Waals surface area contributed by atoms with Crippen molar-refractivity contribution in [2.75, 3.05) is 26.3 Å². The lowest BCUT2D eigenvalue weighted by Crippen LogP contribution is -2.32. The molecular weight excluding hydrogens is 224 g/mol. The Morgan fingerprint density at radius 2 is 1.82 bits per heavy atom. The molecule has 6 nitrogen and oxygen atoms in total. The molecule has 0 bridgehead atoms. The second-order valence-corrected chi connectivity index (χ2v) is 3.68. The zero-order valence-corrected chi connectivity index (χ0v) is 9.20. The van der Waals surface area contributed by atoms with Gasteiger partial charge in [0.25, 0.3) is 0 Å². The Hall–Kier alpha value is -1.95. The van der Waals surface area contributed by atoms with Gasteiger partial charge in [0.2, 0.25) is 5.75 Å². The molecule has 0 aliphatic carbocycles. The fraction of sp³-hybridized carbons (Fsp3) is 0.364. The normalized spacial score (nSPS) is 16.6. The first-order chi connectivity index (χ1) is 8.18. The largest absolute Gasteiger partial charge is 0.504 e. The highest BCUT2D eigenvalue weighted by Crippen LogP contribution is 2.36. The summed E-state index contributed by atoms with van der Waals surface area (Å²) >= 11 is 0. The van der Waals surface area contributed by atoms with E-state index in [1.165, 1.54) is 18.3 Å². The van der Waals surface area contributed by atoms with Gasteiger partial charge in [-0.1, -0.05) is 0 Å². The van der Waals surface area contributed by atoms with Gasteiger partial charge in [-0.2, -0.15) is 5.10 Å². The summed E-state index contributed by atoms with van der Waals surface area (Å²) in [5.74, 6) is -1.26. The highest BCUT2D eigenvalue weighted by Gasteiger charge is 2.10. The summed E-state index contributed by atoms with van der Waals surface area (Å²) in [6, 6.07) is 2.78. The van der Waals surface area contributed by atoms with Gasteiger partial charge in [-0.05, 0) is 12.1 Å². The third-order valence-electron chi connectivity index (χ3n) is 2.51. The summed E-state index contributed by atoms with van der Waals surface area (Å²) in [6.45, 7) is 2.65. The molecule has 1 aromatic rings. The molecule has 1 fully saturated rings. The van der Waals surface area contributed by atoms with E-state index in [1.807, 2.05) is 5.01 Å². The number of morpholine rings is 1. The molecule has 0 atom stereocenters. The fourth-order valence-electron chi connectivity index (χ4n) is 1.50. The van der Waals surface area contributed by atoms with Crippen LogP contribution in [0.2, 0.25) is 0 Å². The van der Waals surface area contributed by atoms with Crippen LogP contribution in [0.3, 0.4) is 0 Å². The van der Waals surface area contributed by atoms with Gasteiger partial charge in [0.15, 0.2) is 11.5 Å². The molecule has 1 saturated heterocycles. The van der Waals surface area contributed by atoms with Crippen LogP contribution in [0.25, 0.3) is 0 Å². The summed E-state index contributed by atoms with van der Waals surface area (Å²) in [6.07, 6.45) is 1.44. The first kappa shape index (κ1) is 11.5. The van der Waals surface area contributed by atoms with Crippen molar-refractivity contribution >= 4 is 6.21 Å². The van der Waals surface area contributed by atoms with Crippen molar-refractivity contribution in [1.29, 1.82) is 0 Å². The smallest absolute Gasteiger partial charge is 0.200 e. The molecule has 0 spiro atoms. The number of ether oxygens (including phenoxy) is 1. The number of rotatable bonds is 2. The van der Waals surface area contributed by atoms with Crippen molar-refractivity contribution in [3.8, 4) is 17.2 Å². The molecule has 1 aliphatic rings. The van der Waals surface area contributed by atoms with E-state index in [0.29, 0.717) is 31.9 Å². The van der Waals surface area contributed by atoms with Crippen LogP contribution in [0.15, 0.2) is 17.2 Å². The molecule has 1 aromatic carbocycles. The van der Waals surface area contributed by atoms with Gasteiger partial charge in [0.1, 0.15) is 0 Å². The van der Waals surface area contributed by atoms with Crippen LogP contribution in [-0.2, 0) is 4.74 Å². The van der Waals surface area contributed by atoms with Crippen LogP contribution in [0.5, 0.6) is 17.2 Å². The maximum Gasteiger partial charge on any atom is 0.200 e. The number of phenolic OH excluding ortho intramolecular Hbond substituents is 3. The molecule has 1 heterocycles. The SMILES string of the molecule is Oc1ccc(/C=N\N2CCOCC2)c(O)c1O. The topological polar surface area (TPSA) is 85.5 Å². The average Bonchev–Trinajstić information content (AvgIpc) is 2.36. The predicted molar refractivity (Wildman–Crippen MR) is 61.4 cm³/mol. The number of benzene rings is 1. The van der Waals surface area contributed by atoms with E-state index in [4.69, 9.17) is 9.84 Å². The Labute approximate surface area is 98.4 Å². The maximum atomic E-state index is 9.56. The molecule has 6 heteroatoms. The van der Waals surface area contributed by atoms with E-state index in [1.54, 1.807) is 0 Å². The molecule has 0 saturated carbocycles. The first-order valence-electron chi connectivity index (χ1n) is 5.29. The lowest BCUT2D eigenvalue weighted by atomic mass is 10.2. The van der Waals surface area contributed by atoms with E-state index in [9.17, 15) is 10.2 Å². The number of hydrogen-bond donors (Lipinski definition) is 3. The molecule has 0 amide bonds. The third-order valence-corrected chi connectivity index (χ3v) is 2.51. The second-order valence-electron chi connectivity index (χ2n) is 3.68. The minimum atomic E-state index is -0.532. The molecule has 1 aliphatic heterocycles. The number of phenols is 3. The van der Waals surface area contributed by atoms with E-state index < -0.39 is 5.75 Å². The Morgan fingerprint density at radius 3 is 2.53 bits per heavy atom. The Morgan fingerprint density at radius 1 is 1.12 bits per heavy atom. The molecule has 0 aromatic heterocycles. The predicted octanol–water partition coefficient (Wildman–Crippen LogP) is 0.469. The number of aromatic hydroxyl groups is 3. The Kier molecular flexibility index (Phi) is 3.34. The number of hydrazone groups is 1. The minimum absolute atomic E-state index is 0.354. The molecule has 17 heavy (non-hydrogen) atoms. The molecule has 3 N–H and O–H groups in total. The summed E-state index contributed by atoms with van der Waals surface area (Å²) in [4.78, 5) is 0. The zero-order valence-electron chi connectivity index (χ0n) is 9.20. The highest BCUT2D eigenvalue weighted by atomic mass is 16.5. The van der Waals surface area contributed by atoms with Crippen molar-refractivity contribution < 1.29 is 20.1 Å². The van der Waals surface area contributed by atoms with Crippen LogP contribution in [-0.4, -0.2) is 52.8 Å².